The van der Waals surface area contributed by atoms with E-state index in [0.717, 1.165) is 94.7 Å². The maximum atomic E-state index is 6.70. The van der Waals surface area contributed by atoms with Gasteiger partial charge >= 0.3 is 0 Å². The molecule has 0 radical (unpaired) electrons. The van der Waals surface area contributed by atoms with Crippen LogP contribution in [0.2, 0.25) is 0 Å². The summed E-state index contributed by atoms with van der Waals surface area (Å²) in [6.07, 6.45) is 5.24. The second-order valence-electron chi connectivity index (χ2n) is 15.1. The van der Waals surface area contributed by atoms with Crippen molar-refractivity contribution in [1.29, 1.82) is 0 Å². The van der Waals surface area contributed by atoms with Gasteiger partial charge < -0.3 is 8.83 Å². The highest BCUT2D eigenvalue weighted by molar-refractivity contribution is 6.22. The molecule has 0 fully saturated rings. The van der Waals surface area contributed by atoms with Crippen LogP contribution in [0.3, 0.4) is 0 Å². The molecule has 3 aromatic heterocycles. The van der Waals surface area contributed by atoms with Gasteiger partial charge in [0.1, 0.15) is 28.2 Å². The lowest BCUT2D eigenvalue weighted by molar-refractivity contribution is 0.669. The highest BCUT2D eigenvalue weighted by Crippen LogP contribution is 2.44. The minimum atomic E-state index is -0.000334. The number of furan rings is 2. The lowest BCUT2D eigenvalue weighted by Gasteiger charge is -2.19. The zero-order valence-electron chi connectivity index (χ0n) is 31.3. The highest BCUT2D eigenvalue weighted by Gasteiger charge is 2.23. The van der Waals surface area contributed by atoms with Gasteiger partial charge in [0.05, 0.1) is 0 Å². The minimum Gasteiger partial charge on any atom is -0.456 e. The van der Waals surface area contributed by atoms with E-state index in [1.54, 1.807) is 0 Å². The molecular weight excluding hydrogens is 711 g/mol. The SMILES string of the molecule is C1=CC(c2nc(-c3ccc(-c4ccccc4)cc3)nc(-c3cccc4oc5cc(-c6cc7ccccc7c7oc8ccccc8c67)ccc5c34)n2)Cc2ccccc21. The van der Waals surface area contributed by atoms with Crippen LogP contribution in [0.1, 0.15) is 22.9 Å². The first-order valence-electron chi connectivity index (χ1n) is 19.7. The molecule has 8 aromatic carbocycles. The van der Waals surface area contributed by atoms with Crippen LogP contribution in [-0.4, -0.2) is 15.0 Å². The molecule has 0 saturated carbocycles. The fourth-order valence-corrected chi connectivity index (χ4v) is 8.80. The molecule has 0 bridgehead atoms. The third-order valence-electron chi connectivity index (χ3n) is 11.7. The van der Waals surface area contributed by atoms with Crippen molar-refractivity contribution < 1.29 is 8.83 Å². The van der Waals surface area contributed by atoms with Crippen molar-refractivity contribution in [2.75, 3.05) is 0 Å². The predicted molar refractivity (Wildman–Crippen MR) is 236 cm³/mol. The molecule has 5 heteroatoms. The minimum absolute atomic E-state index is 0.000334. The molecule has 0 aliphatic heterocycles. The third kappa shape index (κ3) is 5.28. The summed E-state index contributed by atoms with van der Waals surface area (Å²) < 4.78 is 13.2. The van der Waals surface area contributed by atoms with Gasteiger partial charge in [0.2, 0.25) is 0 Å². The Bertz CT molecular complexity index is 3430. The molecule has 0 N–H and O–H groups in total. The lowest BCUT2D eigenvalue weighted by atomic mass is 9.89. The first-order valence-corrected chi connectivity index (χ1v) is 19.7. The van der Waals surface area contributed by atoms with Crippen LogP contribution in [-0.2, 0) is 6.42 Å². The molecule has 1 aliphatic rings. The van der Waals surface area contributed by atoms with Crippen LogP contribution in [0, 0.1) is 0 Å². The van der Waals surface area contributed by atoms with Gasteiger partial charge in [0, 0.05) is 44.0 Å². The van der Waals surface area contributed by atoms with Crippen molar-refractivity contribution in [2.24, 2.45) is 0 Å². The number of nitrogens with zero attached hydrogens (tertiary/aromatic N) is 3. The first kappa shape index (κ1) is 32.6. The van der Waals surface area contributed by atoms with Crippen molar-refractivity contribution in [3.05, 3.63) is 193 Å². The molecule has 3 heterocycles. The highest BCUT2D eigenvalue weighted by atomic mass is 16.3. The monoisotopic (exact) mass is 743 g/mol. The summed E-state index contributed by atoms with van der Waals surface area (Å²) in [5.74, 6) is 2.02. The van der Waals surface area contributed by atoms with E-state index in [-0.39, 0.29) is 5.92 Å². The number of rotatable bonds is 5. The summed E-state index contributed by atoms with van der Waals surface area (Å²) in [4.78, 5) is 15.6. The zero-order chi connectivity index (χ0) is 38.2. The summed E-state index contributed by atoms with van der Waals surface area (Å²) in [7, 11) is 0. The Labute approximate surface area is 333 Å². The van der Waals surface area contributed by atoms with E-state index in [0.29, 0.717) is 11.6 Å². The number of hydrogen-bond donors (Lipinski definition) is 0. The molecule has 1 aliphatic carbocycles. The molecule has 1 unspecified atom stereocenters. The van der Waals surface area contributed by atoms with Crippen LogP contribution in [0.5, 0.6) is 0 Å². The summed E-state index contributed by atoms with van der Waals surface area (Å²) in [5.41, 5.74) is 12.2. The maximum Gasteiger partial charge on any atom is 0.164 e. The standard InChI is InChI=1S/C53H33N3O2/c1-2-11-32(12-3-1)34-21-24-35(25-22-34)51-54-52(39-26-23-33-13-4-5-14-36(33)29-39)56-53(55-51)43-18-10-20-46-48(43)42-28-27-38(31-47(42)57-46)44-30-37-15-6-7-16-40(37)50-49(44)41-17-8-9-19-45(41)58-50/h1-28,30-31,39H,29H2. The number of hydrogen-bond acceptors (Lipinski definition) is 5. The molecule has 12 rings (SSSR count). The van der Waals surface area contributed by atoms with Crippen molar-refractivity contribution >= 4 is 60.7 Å². The molecule has 11 aromatic rings. The van der Waals surface area contributed by atoms with Crippen LogP contribution >= 0.6 is 0 Å². The fourth-order valence-electron chi connectivity index (χ4n) is 8.80. The Morgan fingerprint density at radius 2 is 1.16 bits per heavy atom. The molecular formula is C53H33N3O2. The van der Waals surface area contributed by atoms with Crippen LogP contribution in [0.4, 0.5) is 0 Å². The van der Waals surface area contributed by atoms with Gasteiger partial charge in [-0.1, -0.05) is 152 Å². The average Bonchev–Trinajstić information content (AvgIpc) is 3.88. The Morgan fingerprint density at radius 1 is 0.448 bits per heavy atom. The van der Waals surface area contributed by atoms with E-state index >= 15 is 0 Å². The molecule has 0 amide bonds. The number of benzene rings is 8. The largest absolute Gasteiger partial charge is 0.456 e. The second-order valence-corrected chi connectivity index (χ2v) is 15.1. The molecule has 1 atom stereocenters. The van der Waals surface area contributed by atoms with E-state index in [1.165, 1.54) is 16.7 Å². The fraction of sp³-hybridized carbons (Fsp3) is 0.0377. The Kier molecular flexibility index (Phi) is 7.29. The predicted octanol–water partition coefficient (Wildman–Crippen LogP) is 13.8. The molecule has 58 heavy (non-hydrogen) atoms. The van der Waals surface area contributed by atoms with Gasteiger partial charge in [-0.15, -0.1) is 0 Å². The topological polar surface area (TPSA) is 65.0 Å². The van der Waals surface area contributed by atoms with Crippen LogP contribution < -0.4 is 0 Å². The van der Waals surface area contributed by atoms with Crippen molar-refractivity contribution in [1.82, 2.24) is 15.0 Å². The molecule has 272 valence electrons. The summed E-state index contributed by atoms with van der Waals surface area (Å²) >= 11 is 0. The van der Waals surface area contributed by atoms with Crippen LogP contribution in [0.15, 0.2) is 185 Å². The van der Waals surface area contributed by atoms with Gasteiger partial charge in [-0.2, -0.15) is 0 Å². The third-order valence-corrected chi connectivity index (χ3v) is 11.7. The quantitative estimate of drug-likeness (QED) is 0.176. The average molecular weight is 744 g/mol. The van der Waals surface area contributed by atoms with Gasteiger partial charge in [-0.3, -0.25) is 0 Å². The van der Waals surface area contributed by atoms with E-state index in [1.807, 2.05) is 30.3 Å². The number of aromatic nitrogens is 3. The van der Waals surface area contributed by atoms with E-state index in [2.05, 4.69) is 152 Å². The van der Waals surface area contributed by atoms with Crippen molar-refractivity contribution in [2.45, 2.75) is 12.3 Å². The van der Waals surface area contributed by atoms with E-state index in [9.17, 15) is 0 Å². The van der Waals surface area contributed by atoms with Gasteiger partial charge in [-0.05, 0) is 75.5 Å². The van der Waals surface area contributed by atoms with Gasteiger partial charge in [-0.25, -0.2) is 15.0 Å². The smallest absolute Gasteiger partial charge is 0.164 e. The van der Waals surface area contributed by atoms with Crippen molar-refractivity contribution in [3.8, 4) is 45.0 Å². The molecule has 5 nitrogen and oxygen atoms in total. The summed E-state index contributed by atoms with van der Waals surface area (Å²) in [6.45, 7) is 0. The number of fused-ring (bicyclic) bond motifs is 9. The normalized spacial score (nSPS) is 13.9. The second kappa shape index (κ2) is 13.0. The maximum absolute atomic E-state index is 6.70. The Balaban J connectivity index is 1.02. The summed E-state index contributed by atoms with van der Waals surface area (Å²) in [5, 5.41) is 6.41. The Morgan fingerprint density at radius 3 is 2.07 bits per heavy atom. The summed E-state index contributed by atoms with van der Waals surface area (Å²) in [6, 6.07) is 59.1. The molecule has 0 saturated heterocycles. The van der Waals surface area contributed by atoms with Gasteiger partial charge in [0.25, 0.3) is 0 Å². The van der Waals surface area contributed by atoms with Gasteiger partial charge in [0.15, 0.2) is 11.6 Å². The number of allylic oxidation sites excluding steroid dienone is 1. The zero-order valence-corrected chi connectivity index (χ0v) is 31.3. The number of para-hydroxylation sites is 1. The Hall–Kier alpha value is -7.63. The lowest BCUT2D eigenvalue weighted by Crippen LogP contribution is -2.12. The molecule has 0 spiro atoms. The van der Waals surface area contributed by atoms with Crippen LogP contribution in [0.25, 0.3) is 106 Å². The van der Waals surface area contributed by atoms with E-state index < -0.39 is 0 Å². The van der Waals surface area contributed by atoms with E-state index in [4.69, 9.17) is 23.8 Å². The van der Waals surface area contributed by atoms with Crippen molar-refractivity contribution in [3.63, 3.8) is 0 Å². The first-order chi connectivity index (χ1) is 28.7.